The number of piperidine rings is 1. The van der Waals surface area contributed by atoms with Gasteiger partial charge in [0.1, 0.15) is 29.7 Å². The summed E-state index contributed by atoms with van der Waals surface area (Å²) in [6.07, 6.45) is -0.198. The second kappa shape index (κ2) is 19.6. The Morgan fingerprint density at radius 3 is 2.39 bits per heavy atom. The van der Waals surface area contributed by atoms with Gasteiger partial charge in [0.05, 0.1) is 56.7 Å². The van der Waals surface area contributed by atoms with Gasteiger partial charge in [-0.2, -0.15) is 8.42 Å². The number of fused-ring (bicyclic) bond motifs is 1. The molecule has 1 saturated heterocycles. The number of ether oxygens (including phenoxy) is 6. The minimum atomic E-state index is -4.03. The van der Waals surface area contributed by atoms with E-state index in [0.29, 0.717) is 37.6 Å². The van der Waals surface area contributed by atoms with Crippen molar-refractivity contribution in [2.45, 2.75) is 82.4 Å². The molecule has 0 aromatic heterocycles. The number of anilines is 1. The second-order valence-electron chi connectivity index (χ2n) is 15.3. The molecule has 3 aromatic carbocycles. The molecule has 14 heteroatoms. The molecule has 2 heterocycles. The zero-order valence-corrected chi connectivity index (χ0v) is 34.4. The largest absolute Gasteiger partial charge is 0.490 e. The molecule has 1 N–H and O–H groups in total. The summed E-state index contributed by atoms with van der Waals surface area (Å²) in [6.45, 7) is 11.5. The van der Waals surface area contributed by atoms with E-state index in [1.807, 2.05) is 64.1 Å². The molecule has 0 unspecified atom stereocenters. The summed E-state index contributed by atoms with van der Waals surface area (Å²) in [5.41, 5.74) is 2.57. The summed E-state index contributed by atoms with van der Waals surface area (Å²) in [4.78, 5) is 17.3. The van der Waals surface area contributed by atoms with Gasteiger partial charge < -0.3 is 43.3 Å². The number of carbonyl (C=O) groups excluding carboxylic acids is 1. The number of hydrogen-bond donors (Lipinski definition) is 1. The molecule has 308 valence electrons. The number of hydrogen-bond acceptors (Lipinski definition) is 12. The quantitative estimate of drug-likeness (QED) is 0.124. The van der Waals surface area contributed by atoms with Crippen molar-refractivity contribution in [3.05, 3.63) is 88.5 Å². The van der Waals surface area contributed by atoms with E-state index in [9.17, 15) is 18.3 Å². The lowest BCUT2D eigenvalue weighted by atomic mass is 9.78. The number of methoxy groups -OCH3 is 2. The van der Waals surface area contributed by atoms with Crippen molar-refractivity contribution < 1.29 is 50.9 Å². The topological polar surface area (TPSA) is 143 Å². The molecule has 3 aromatic rings. The Hall–Kier alpha value is -3.76. The zero-order chi connectivity index (χ0) is 40.3. The van der Waals surface area contributed by atoms with Crippen molar-refractivity contribution in [2.24, 2.45) is 0 Å². The number of aliphatic hydroxyl groups is 1. The van der Waals surface area contributed by atoms with Gasteiger partial charge in [0, 0.05) is 40.3 Å². The zero-order valence-electron chi connectivity index (χ0n) is 33.6. The highest BCUT2D eigenvalue weighted by Gasteiger charge is 2.47. The van der Waals surface area contributed by atoms with Gasteiger partial charge in [-0.3, -0.25) is 4.18 Å². The molecule has 5 rings (SSSR count). The third kappa shape index (κ3) is 11.7. The van der Waals surface area contributed by atoms with Gasteiger partial charge in [-0.15, -0.1) is 0 Å². The van der Waals surface area contributed by atoms with E-state index >= 15 is 0 Å². The van der Waals surface area contributed by atoms with Crippen molar-refractivity contribution in [3.8, 4) is 5.75 Å². The lowest BCUT2D eigenvalue weighted by molar-refractivity contribution is -0.155. The molecule has 0 bridgehead atoms. The number of aryl methyl sites for hydroxylation is 1. The van der Waals surface area contributed by atoms with Crippen molar-refractivity contribution in [1.82, 2.24) is 4.90 Å². The van der Waals surface area contributed by atoms with Crippen LogP contribution in [-0.2, 0) is 63.2 Å². The highest BCUT2D eigenvalue weighted by molar-refractivity contribution is 7.86. The molecule has 2 atom stereocenters. The monoisotopic (exact) mass is 798 g/mol. The summed E-state index contributed by atoms with van der Waals surface area (Å²) in [6, 6.07) is 18.0. The summed E-state index contributed by atoms with van der Waals surface area (Å²) in [5, 5.41) is 12.8. The van der Waals surface area contributed by atoms with Crippen LogP contribution >= 0.6 is 0 Å². The minimum absolute atomic E-state index is 0.0578. The van der Waals surface area contributed by atoms with Gasteiger partial charge in [-0.25, -0.2) is 4.79 Å². The summed E-state index contributed by atoms with van der Waals surface area (Å²) < 4.78 is 66.2. The normalized spacial score (nSPS) is 18.7. The average molecular weight is 799 g/mol. The first kappa shape index (κ1) is 43.4. The highest BCUT2D eigenvalue weighted by Crippen LogP contribution is 2.39. The highest BCUT2D eigenvalue weighted by atomic mass is 32.2. The number of rotatable bonds is 18. The molecule has 1 fully saturated rings. The van der Waals surface area contributed by atoms with Crippen LogP contribution in [0.15, 0.2) is 65.6 Å². The number of likely N-dealkylation sites (tertiary alicyclic amines) is 1. The first-order valence-electron chi connectivity index (χ1n) is 19.2. The predicted octanol–water partition coefficient (Wildman–Crippen LogP) is 5.76. The average Bonchev–Trinajstić information content (AvgIpc) is 3.16. The van der Waals surface area contributed by atoms with Gasteiger partial charge in [0.2, 0.25) is 0 Å². The van der Waals surface area contributed by atoms with E-state index in [1.54, 1.807) is 31.3 Å². The fraction of sp³-hybridized carbons (Fsp3) is 0.548. The number of amides is 1. The Morgan fingerprint density at radius 1 is 0.929 bits per heavy atom. The van der Waals surface area contributed by atoms with E-state index in [2.05, 4.69) is 4.90 Å². The first-order chi connectivity index (χ1) is 26.7. The second-order valence-corrected chi connectivity index (χ2v) is 16.9. The molecule has 2 aliphatic heterocycles. The Bertz CT molecular complexity index is 1850. The molecular formula is C42H58N2O11S. The molecule has 13 nitrogen and oxygen atoms in total. The van der Waals surface area contributed by atoms with Crippen molar-refractivity contribution >= 4 is 21.9 Å². The maximum atomic E-state index is 13.4. The Labute approximate surface area is 331 Å². The van der Waals surface area contributed by atoms with Gasteiger partial charge >= 0.3 is 6.09 Å². The van der Waals surface area contributed by atoms with Gasteiger partial charge in [-0.05, 0) is 87.1 Å². The van der Waals surface area contributed by atoms with Gasteiger partial charge in [-0.1, -0.05) is 42.0 Å². The van der Waals surface area contributed by atoms with Crippen LogP contribution in [0.5, 0.6) is 5.75 Å². The third-order valence-electron chi connectivity index (χ3n) is 9.80. The van der Waals surface area contributed by atoms with E-state index in [4.69, 9.17) is 32.6 Å². The molecule has 0 radical (unpaired) electrons. The Balaban J connectivity index is 1.43. The van der Waals surface area contributed by atoms with E-state index in [-0.39, 0.29) is 50.6 Å². The van der Waals surface area contributed by atoms with Crippen LogP contribution in [0.2, 0.25) is 0 Å². The van der Waals surface area contributed by atoms with Crippen LogP contribution < -0.4 is 9.64 Å². The van der Waals surface area contributed by atoms with Crippen LogP contribution in [0.25, 0.3) is 0 Å². The SMILES string of the molecule is COCCCN1CCOc2ccc(CO[C@H]3CN(C(=O)OC(C)(C)C)CC[C@]3(O)c3ccc(COCCOC)cc3CCOS(=O)(=O)c3ccc(C)cc3)cc21. The molecule has 2 aliphatic rings. The van der Waals surface area contributed by atoms with Gasteiger partial charge in [0.25, 0.3) is 10.1 Å². The molecule has 1 amide bonds. The predicted molar refractivity (Wildman–Crippen MR) is 212 cm³/mol. The molecule has 56 heavy (non-hydrogen) atoms. The summed E-state index contributed by atoms with van der Waals surface area (Å²) in [5.74, 6) is 0.797. The smallest absolute Gasteiger partial charge is 0.410 e. The van der Waals surface area contributed by atoms with E-state index < -0.39 is 33.5 Å². The fourth-order valence-corrected chi connectivity index (χ4v) is 7.78. The van der Waals surface area contributed by atoms with E-state index in [0.717, 1.165) is 47.6 Å². The maximum absolute atomic E-state index is 13.4. The van der Waals surface area contributed by atoms with Crippen molar-refractivity contribution in [1.29, 1.82) is 0 Å². The lowest BCUT2D eigenvalue weighted by Gasteiger charge is -2.45. The number of carbonyl (C=O) groups is 1. The van der Waals surface area contributed by atoms with Gasteiger partial charge in [0.15, 0.2) is 0 Å². The first-order valence-corrected chi connectivity index (χ1v) is 20.6. The fourth-order valence-electron chi connectivity index (χ4n) is 6.87. The molecule has 0 spiro atoms. The summed E-state index contributed by atoms with van der Waals surface area (Å²) in [7, 11) is -0.733. The van der Waals surface area contributed by atoms with Crippen LogP contribution in [0.3, 0.4) is 0 Å². The number of benzene rings is 3. The minimum Gasteiger partial charge on any atom is -0.490 e. The number of nitrogens with zero attached hydrogens (tertiary/aromatic N) is 2. The van der Waals surface area contributed by atoms with E-state index in [1.165, 1.54) is 12.1 Å². The lowest BCUT2D eigenvalue weighted by Crippen LogP contribution is -2.57. The Morgan fingerprint density at radius 2 is 1.66 bits per heavy atom. The van der Waals surface area contributed by atoms with Crippen LogP contribution in [-0.4, -0.2) is 110 Å². The Kier molecular flexibility index (Phi) is 15.2. The van der Waals surface area contributed by atoms with Crippen LogP contribution in [0.4, 0.5) is 10.5 Å². The molecule has 0 saturated carbocycles. The maximum Gasteiger partial charge on any atom is 0.410 e. The summed E-state index contributed by atoms with van der Waals surface area (Å²) >= 11 is 0. The van der Waals surface area contributed by atoms with Crippen LogP contribution in [0, 0.1) is 6.92 Å². The molecule has 0 aliphatic carbocycles. The van der Waals surface area contributed by atoms with Crippen LogP contribution in [0.1, 0.15) is 61.4 Å². The van der Waals surface area contributed by atoms with Crippen molar-refractivity contribution in [2.75, 3.05) is 78.3 Å². The third-order valence-corrected chi connectivity index (χ3v) is 11.1. The standard InChI is InChI=1S/C42H58N2O11S/c1-31-8-12-35(13-9-31)56(47,48)54-22-16-34-26-32(29-51-25-24-50-6)10-14-36(34)42(46)17-19-44(40(45)55-41(2,3)4)28-39(42)53-30-33-11-15-38-37(27-33)43(20-23-52-38)18-7-21-49-5/h8-15,26-27,39,46H,7,16-25,28-30H2,1-6H3/t39-,42-/m0/s1. The van der Waals surface area contributed by atoms with Crippen molar-refractivity contribution in [3.63, 3.8) is 0 Å². The molecular weight excluding hydrogens is 741 g/mol.